The number of aromatic amines is 1. The van der Waals surface area contributed by atoms with Crippen molar-refractivity contribution in [3.8, 4) is 0 Å². The molecular formula is C30H43NO2. The Morgan fingerprint density at radius 1 is 1.12 bits per heavy atom. The van der Waals surface area contributed by atoms with Gasteiger partial charge in [-0.05, 0) is 105 Å². The fourth-order valence-electron chi connectivity index (χ4n) is 8.78. The predicted octanol–water partition coefficient (Wildman–Crippen LogP) is 5.01. The first-order valence-corrected chi connectivity index (χ1v) is 13.6. The average Bonchev–Trinajstić information content (AvgIpc) is 3.29. The van der Waals surface area contributed by atoms with Crippen LogP contribution < -0.4 is 10.6 Å². The number of H-pyrrole nitrogens is 1. The van der Waals surface area contributed by atoms with Gasteiger partial charge in [-0.2, -0.15) is 0 Å². The second-order valence-corrected chi connectivity index (χ2v) is 12.2. The fourth-order valence-corrected chi connectivity index (χ4v) is 8.78. The minimum atomic E-state index is -0.931. The van der Waals surface area contributed by atoms with Crippen molar-refractivity contribution < 1.29 is 9.90 Å². The van der Waals surface area contributed by atoms with Crippen molar-refractivity contribution in [1.29, 1.82) is 0 Å². The van der Waals surface area contributed by atoms with Gasteiger partial charge in [-0.1, -0.05) is 45.4 Å². The predicted molar refractivity (Wildman–Crippen MR) is 135 cm³/mol. The van der Waals surface area contributed by atoms with Gasteiger partial charge in [-0.3, -0.25) is 4.79 Å². The van der Waals surface area contributed by atoms with Crippen molar-refractivity contribution in [2.75, 3.05) is 0 Å². The number of rotatable bonds is 1. The van der Waals surface area contributed by atoms with Crippen LogP contribution in [-0.2, 0) is 11.2 Å². The summed E-state index contributed by atoms with van der Waals surface area (Å²) in [5.74, 6) is 2.78. The molecule has 7 atom stereocenters. The third-order valence-electron chi connectivity index (χ3n) is 9.87. The molecule has 0 saturated heterocycles. The Kier molecular flexibility index (Phi) is 5.59. The quantitative estimate of drug-likeness (QED) is 0.633. The molecule has 0 aliphatic heterocycles. The summed E-state index contributed by atoms with van der Waals surface area (Å²) in [6.07, 6.45) is 14.9. The molecule has 7 unspecified atom stereocenters. The number of allylic oxidation sites excluding steroid dienone is 2. The summed E-state index contributed by atoms with van der Waals surface area (Å²) in [5.41, 5.74) is 3.84. The van der Waals surface area contributed by atoms with Gasteiger partial charge in [0.05, 0.1) is 11.5 Å². The molecule has 33 heavy (non-hydrogen) atoms. The summed E-state index contributed by atoms with van der Waals surface area (Å²) in [5, 5.41) is 13.5. The lowest BCUT2D eigenvalue weighted by molar-refractivity contribution is -0.128. The van der Waals surface area contributed by atoms with Crippen LogP contribution in [0.2, 0.25) is 0 Å². The first kappa shape index (κ1) is 23.1. The van der Waals surface area contributed by atoms with Gasteiger partial charge in [0.15, 0.2) is 5.78 Å². The van der Waals surface area contributed by atoms with Gasteiger partial charge < -0.3 is 10.1 Å². The van der Waals surface area contributed by atoms with Crippen molar-refractivity contribution >= 4 is 17.9 Å². The highest BCUT2D eigenvalue weighted by molar-refractivity contribution is 5.94. The molecule has 6 rings (SSSR count). The summed E-state index contributed by atoms with van der Waals surface area (Å²) >= 11 is 0. The maximum atomic E-state index is 13.1. The SMILES string of the molecule is CC.CC1CC2Cc3c([nH]c4c3=CCCC=4)C2C2(C)CCC3CC(C(C)(C)O)C(=O)C=C3C12. The molecule has 0 aromatic carbocycles. The van der Waals surface area contributed by atoms with Crippen molar-refractivity contribution in [2.45, 2.75) is 98.0 Å². The molecule has 0 bridgehead atoms. The molecule has 3 heteroatoms. The zero-order chi connectivity index (χ0) is 23.7. The lowest BCUT2D eigenvalue weighted by atomic mass is 9.46. The molecule has 1 heterocycles. The molecular weight excluding hydrogens is 406 g/mol. The molecule has 0 amide bonds. The van der Waals surface area contributed by atoms with E-state index in [-0.39, 0.29) is 17.1 Å². The van der Waals surface area contributed by atoms with E-state index in [4.69, 9.17) is 0 Å². The Hall–Kier alpha value is -1.61. The molecule has 0 spiro atoms. The van der Waals surface area contributed by atoms with E-state index in [2.05, 4.69) is 31.0 Å². The van der Waals surface area contributed by atoms with E-state index >= 15 is 0 Å². The van der Waals surface area contributed by atoms with Crippen LogP contribution in [0.15, 0.2) is 11.6 Å². The Bertz CT molecular complexity index is 1100. The Morgan fingerprint density at radius 3 is 2.58 bits per heavy atom. The Morgan fingerprint density at radius 2 is 1.85 bits per heavy atom. The summed E-state index contributed by atoms with van der Waals surface area (Å²) < 4.78 is 0. The second-order valence-electron chi connectivity index (χ2n) is 12.2. The molecule has 180 valence electrons. The van der Waals surface area contributed by atoms with Crippen LogP contribution in [0, 0.1) is 35.0 Å². The normalized spacial score (nSPS) is 38.8. The third-order valence-corrected chi connectivity index (χ3v) is 9.87. The number of aromatic nitrogens is 1. The number of hydrogen-bond donors (Lipinski definition) is 2. The van der Waals surface area contributed by atoms with E-state index in [1.54, 1.807) is 19.4 Å². The molecule has 5 aliphatic carbocycles. The lowest BCUT2D eigenvalue weighted by Crippen LogP contribution is -2.52. The van der Waals surface area contributed by atoms with Crippen molar-refractivity contribution in [2.24, 2.45) is 35.0 Å². The van der Waals surface area contributed by atoms with Crippen molar-refractivity contribution in [1.82, 2.24) is 4.98 Å². The molecule has 5 aliphatic rings. The minimum absolute atomic E-state index is 0.156. The zero-order valence-electron chi connectivity index (χ0n) is 21.5. The van der Waals surface area contributed by atoms with Gasteiger partial charge in [0.25, 0.3) is 0 Å². The molecule has 2 fully saturated rings. The second kappa shape index (κ2) is 7.97. The maximum absolute atomic E-state index is 13.1. The number of hydrogen-bond acceptors (Lipinski definition) is 2. The Balaban J connectivity index is 0.00000111. The van der Waals surface area contributed by atoms with Crippen LogP contribution in [0.4, 0.5) is 0 Å². The number of fused-ring (bicyclic) bond motifs is 9. The topological polar surface area (TPSA) is 53.1 Å². The third kappa shape index (κ3) is 3.36. The summed E-state index contributed by atoms with van der Waals surface area (Å²) in [4.78, 5) is 17.0. The molecule has 2 N–H and O–H groups in total. The van der Waals surface area contributed by atoms with E-state index in [9.17, 15) is 9.90 Å². The first-order chi connectivity index (χ1) is 15.7. The van der Waals surface area contributed by atoms with Gasteiger partial charge in [-0.25, -0.2) is 0 Å². The molecule has 3 nitrogen and oxygen atoms in total. The van der Waals surface area contributed by atoms with Crippen LogP contribution in [0.25, 0.3) is 12.2 Å². The van der Waals surface area contributed by atoms with Crippen LogP contribution in [0.1, 0.15) is 97.2 Å². The number of nitrogens with one attached hydrogen (secondary N) is 1. The molecule has 1 aromatic rings. The van der Waals surface area contributed by atoms with Crippen molar-refractivity contribution in [3.05, 3.63) is 33.5 Å². The van der Waals surface area contributed by atoms with Crippen LogP contribution in [0.5, 0.6) is 0 Å². The van der Waals surface area contributed by atoms with E-state index in [1.165, 1.54) is 47.5 Å². The van der Waals surface area contributed by atoms with Gasteiger partial charge in [0, 0.05) is 17.0 Å². The van der Waals surface area contributed by atoms with E-state index in [0.717, 1.165) is 25.2 Å². The van der Waals surface area contributed by atoms with Crippen LogP contribution in [0.3, 0.4) is 0 Å². The van der Waals surface area contributed by atoms with E-state index in [0.29, 0.717) is 23.7 Å². The van der Waals surface area contributed by atoms with Crippen LogP contribution in [-0.4, -0.2) is 21.5 Å². The van der Waals surface area contributed by atoms with Gasteiger partial charge in [0.1, 0.15) is 0 Å². The largest absolute Gasteiger partial charge is 0.390 e. The first-order valence-electron chi connectivity index (χ1n) is 13.6. The fraction of sp³-hybridized carbons (Fsp3) is 0.700. The summed E-state index contributed by atoms with van der Waals surface area (Å²) in [6.45, 7) is 12.6. The van der Waals surface area contributed by atoms with Crippen molar-refractivity contribution in [3.63, 3.8) is 0 Å². The minimum Gasteiger partial charge on any atom is -0.390 e. The van der Waals surface area contributed by atoms with Gasteiger partial charge in [0.2, 0.25) is 0 Å². The average molecular weight is 450 g/mol. The Labute approximate surface area is 199 Å². The molecule has 0 radical (unpaired) electrons. The van der Waals surface area contributed by atoms with Gasteiger partial charge in [-0.15, -0.1) is 0 Å². The number of carbonyl (C=O) groups excluding carboxylic acids is 1. The van der Waals surface area contributed by atoms with Gasteiger partial charge >= 0.3 is 0 Å². The monoisotopic (exact) mass is 449 g/mol. The summed E-state index contributed by atoms with van der Waals surface area (Å²) in [7, 11) is 0. The molecule has 1 aromatic heterocycles. The van der Waals surface area contributed by atoms with E-state index < -0.39 is 5.60 Å². The highest BCUT2D eigenvalue weighted by Crippen LogP contribution is 2.66. The number of aliphatic hydroxyl groups is 1. The molecule has 2 saturated carbocycles. The highest BCUT2D eigenvalue weighted by Gasteiger charge is 2.59. The smallest absolute Gasteiger partial charge is 0.161 e. The lowest BCUT2D eigenvalue weighted by Gasteiger charge is -2.58. The number of ketones is 1. The maximum Gasteiger partial charge on any atom is 0.161 e. The standard InChI is InChI=1S/C28H37NO2.C2H6/c1-15-11-17-12-20-18-7-5-6-8-22(18)29-26(20)25(17)28(4)10-9-16-13-21(27(2,3)31)23(30)14-19(16)24(15)28;1-2/h7-8,14-17,21,24-25,29,31H,5-6,9-13H2,1-4H3;1-2H3. The van der Waals surface area contributed by atoms with E-state index in [1.807, 2.05) is 19.9 Å². The summed E-state index contributed by atoms with van der Waals surface area (Å²) in [6, 6.07) is 0. The van der Waals surface area contributed by atoms with Crippen LogP contribution >= 0.6 is 0 Å². The highest BCUT2D eigenvalue weighted by atomic mass is 16.3. The zero-order valence-corrected chi connectivity index (χ0v) is 21.5. The number of carbonyl (C=O) groups is 1.